The van der Waals surface area contributed by atoms with Crippen LogP contribution in [0.1, 0.15) is 0 Å². The molecule has 0 bridgehead atoms. The predicted molar refractivity (Wildman–Crippen MR) is 50.3 cm³/mol. The first kappa shape index (κ1) is 12.2. The zero-order chi connectivity index (χ0) is 10.2. The van der Waals surface area contributed by atoms with Crippen LogP contribution in [0.25, 0.3) is 0 Å². The number of hydrogen-bond acceptors (Lipinski definition) is 5. The Kier molecular flexibility index (Phi) is 3.54. The number of carboxylic acid groups (broad SMARTS) is 1. The van der Waals surface area contributed by atoms with Crippen LogP contribution in [0.3, 0.4) is 0 Å². The van der Waals surface area contributed by atoms with Gasteiger partial charge in [-0.2, -0.15) is 12.6 Å². The Hall–Kier alpha value is -0.841. The standard InChI is InChI=1S/C9H8N2O2S.Cu/c12-8(13)9(5-14)10-6-3-1-2-4-7(6)11-9;/h1-4,14H,5H2,(H,12,13);/q;+1/p-1. The molecular formula is C9H7CuN2O2S. The average molecular weight is 271 g/mol. The van der Waals surface area contributed by atoms with Crippen LogP contribution in [0, 0.1) is 0 Å². The summed E-state index contributed by atoms with van der Waals surface area (Å²) in [4.78, 5) is 18.9. The van der Waals surface area contributed by atoms with Crippen molar-refractivity contribution in [2.45, 2.75) is 5.66 Å². The van der Waals surface area contributed by atoms with Crippen LogP contribution in [-0.2, 0) is 21.9 Å². The molecule has 1 aromatic carbocycles. The third-order valence-electron chi connectivity index (χ3n) is 2.04. The van der Waals surface area contributed by atoms with Crippen LogP contribution in [0.15, 0.2) is 34.3 Å². The van der Waals surface area contributed by atoms with E-state index in [4.69, 9.17) is 0 Å². The molecule has 0 spiro atoms. The molecule has 1 aromatic rings. The van der Waals surface area contributed by atoms with Gasteiger partial charge in [-0.05, 0) is 12.1 Å². The third kappa shape index (κ3) is 1.93. The van der Waals surface area contributed by atoms with E-state index in [1.165, 1.54) is 0 Å². The number of rotatable bonds is 2. The molecule has 82 valence electrons. The summed E-state index contributed by atoms with van der Waals surface area (Å²) in [7, 11) is 0. The van der Waals surface area contributed by atoms with Crippen LogP contribution in [0.2, 0.25) is 0 Å². The van der Waals surface area contributed by atoms with E-state index in [2.05, 4.69) is 22.6 Å². The quantitative estimate of drug-likeness (QED) is 0.515. The molecule has 0 radical (unpaired) electrons. The van der Waals surface area contributed by atoms with Crippen molar-refractivity contribution < 1.29 is 27.0 Å². The molecule has 0 N–H and O–H groups in total. The first-order chi connectivity index (χ1) is 6.68. The van der Waals surface area contributed by atoms with E-state index in [9.17, 15) is 9.90 Å². The van der Waals surface area contributed by atoms with E-state index in [0.717, 1.165) is 0 Å². The second-order valence-corrected chi connectivity index (χ2v) is 3.29. The summed E-state index contributed by atoms with van der Waals surface area (Å²) < 4.78 is 0. The van der Waals surface area contributed by atoms with Crippen molar-refractivity contribution in [3.63, 3.8) is 0 Å². The number of fused-ring (bicyclic) bond motifs is 1. The van der Waals surface area contributed by atoms with E-state index in [1.807, 2.05) is 0 Å². The van der Waals surface area contributed by atoms with Crippen molar-refractivity contribution in [2.75, 3.05) is 5.75 Å². The minimum absolute atomic E-state index is 0. The zero-order valence-electron chi connectivity index (χ0n) is 7.48. The molecule has 0 aromatic heterocycles. The van der Waals surface area contributed by atoms with Gasteiger partial charge in [0.15, 0.2) is 5.66 Å². The molecule has 15 heavy (non-hydrogen) atoms. The average Bonchev–Trinajstić information content (AvgIpc) is 2.57. The van der Waals surface area contributed by atoms with Crippen molar-refractivity contribution in [1.82, 2.24) is 0 Å². The minimum atomic E-state index is -1.53. The van der Waals surface area contributed by atoms with Gasteiger partial charge in [-0.3, -0.25) is 0 Å². The fourth-order valence-corrected chi connectivity index (χ4v) is 1.57. The normalized spacial score (nSPS) is 15.5. The van der Waals surface area contributed by atoms with Gasteiger partial charge in [0.1, 0.15) is 0 Å². The van der Waals surface area contributed by atoms with Gasteiger partial charge < -0.3 is 9.90 Å². The molecule has 4 nitrogen and oxygen atoms in total. The Labute approximate surface area is 102 Å². The van der Waals surface area contributed by atoms with Crippen molar-refractivity contribution in [1.29, 1.82) is 0 Å². The van der Waals surface area contributed by atoms with Crippen molar-refractivity contribution >= 4 is 18.6 Å². The van der Waals surface area contributed by atoms with Gasteiger partial charge in [-0.1, -0.05) is 12.1 Å². The molecule has 2 rings (SSSR count). The second kappa shape index (κ2) is 4.35. The Morgan fingerprint density at radius 1 is 1.33 bits per heavy atom. The summed E-state index contributed by atoms with van der Waals surface area (Å²) >= 11 is 3.94. The number of carboxylic acids is 1. The summed E-state index contributed by atoms with van der Waals surface area (Å²) in [5, 5.41) is 12.0. The number of aliphatic carboxylic acids is 1. The molecule has 0 aliphatic carbocycles. The largest absolute Gasteiger partial charge is 1.00 e. The first-order valence-electron chi connectivity index (χ1n) is 4.05. The van der Waals surface area contributed by atoms with Crippen molar-refractivity contribution in [2.24, 2.45) is 9.98 Å². The number of para-hydroxylation sites is 2. The molecule has 1 aliphatic heterocycles. The fourth-order valence-electron chi connectivity index (χ4n) is 1.30. The molecule has 0 fully saturated rings. The number of benzene rings is 1. The monoisotopic (exact) mass is 270 g/mol. The smallest absolute Gasteiger partial charge is 0.545 e. The van der Waals surface area contributed by atoms with E-state index in [-0.39, 0.29) is 22.8 Å². The fraction of sp³-hybridized carbons (Fsp3) is 0.222. The SMILES string of the molecule is O=C([O-])C1(CS)N=c2ccccc2=N1.[Cu+]. The Morgan fingerprint density at radius 3 is 2.13 bits per heavy atom. The molecule has 0 saturated carbocycles. The Balaban J connectivity index is 0.00000112. The first-order valence-corrected chi connectivity index (χ1v) is 4.68. The molecular weight excluding hydrogens is 264 g/mol. The minimum Gasteiger partial charge on any atom is -0.545 e. The molecule has 0 atom stereocenters. The van der Waals surface area contributed by atoms with Gasteiger partial charge >= 0.3 is 17.1 Å². The topological polar surface area (TPSA) is 64.8 Å². The van der Waals surface area contributed by atoms with Crippen molar-refractivity contribution in [3.05, 3.63) is 35.0 Å². The van der Waals surface area contributed by atoms with Crippen LogP contribution in [0.4, 0.5) is 0 Å². The van der Waals surface area contributed by atoms with Crippen LogP contribution >= 0.6 is 12.6 Å². The van der Waals surface area contributed by atoms with Crippen LogP contribution < -0.4 is 15.8 Å². The summed E-state index contributed by atoms with van der Waals surface area (Å²) in [6.07, 6.45) is 0. The van der Waals surface area contributed by atoms with E-state index >= 15 is 0 Å². The Bertz CT molecular complexity index is 468. The van der Waals surface area contributed by atoms with Crippen molar-refractivity contribution in [3.8, 4) is 0 Å². The van der Waals surface area contributed by atoms with Gasteiger partial charge in [-0.15, -0.1) is 0 Å². The van der Waals surface area contributed by atoms with Crippen LogP contribution in [-0.4, -0.2) is 17.4 Å². The number of carbonyl (C=O) groups is 1. The van der Waals surface area contributed by atoms with Gasteiger partial charge in [-0.25, -0.2) is 9.98 Å². The van der Waals surface area contributed by atoms with Gasteiger partial charge in [0.25, 0.3) is 0 Å². The number of thiol groups is 1. The maximum absolute atomic E-state index is 10.9. The number of hydrogen-bond donors (Lipinski definition) is 1. The Morgan fingerprint density at radius 2 is 1.80 bits per heavy atom. The molecule has 1 aliphatic rings. The molecule has 0 saturated heterocycles. The molecule has 6 heteroatoms. The van der Waals surface area contributed by atoms with Gasteiger partial charge in [0.2, 0.25) is 0 Å². The molecule has 1 heterocycles. The molecule has 0 unspecified atom stereocenters. The summed E-state index contributed by atoms with van der Waals surface area (Å²) in [6, 6.07) is 6.99. The number of carbonyl (C=O) groups excluding carboxylic acids is 1. The predicted octanol–water partition coefficient (Wildman–Crippen LogP) is -1.69. The molecule has 0 amide bonds. The summed E-state index contributed by atoms with van der Waals surface area (Å²) in [5.74, 6) is -1.31. The van der Waals surface area contributed by atoms with E-state index < -0.39 is 11.6 Å². The maximum atomic E-state index is 10.9. The summed E-state index contributed by atoms with van der Waals surface area (Å²) in [6.45, 7) is 0. The van der Waals surface area contributed by atoms with E-state index in [0.29, 0.717) is 10.7 Å². The third-order valence-corrected chi connectivity index (χ3v) is 2.48. The van der Waals surface area contributed by atoms with E-state index in [1.54, 1.807) is 24.3 Å². The zero-order valence-corrected chi connectivity index (χ0v) is 9.31. The summed E-state index contributed by atoms with van der Waals surface area (Å²) in [5.41, 5.74) is -1.53. The maximum Gasteiger partial charge on any atom is 1.00 e. The van der Waals surface area contributed by atoms with Crippen LogP contribution in [0.5, 0.6) is 0 Å². The second-order valence-electron chi connectivity index (χ2n) is 2.97. The van der Waals surface area contributed by atoms with Gasteiger partial charge in [0, 0.05) is 5.75 Å². The number of nitrogens with zero attached hydrogens (tertiary/aromatic N) is 2. The van der Waals surface area contributed by atoms with Gasteiger partial charge in [0.05, 0.1) is 16.7 Å².